The second-order valence-corrected chi connectivity index (χ2v) is 5.62. The van der Waals surface area contributed by atoms with Crippen molar-refractivity contribution in [3.63, 3.8) is 0 Å². The number of benzene rings is 1. The maximum atomic E-state index is 11.8. The fraction of sp³-hybridized carbons (Fsp3) is 0.562. The average Bonchev–Trinajstić information content (AvgIpc) is 2.95. The van der Waals surface area contributed by atoms with Gasteiger partial charge in [-0.3, -0.25) is 4.79 Å². The summed E-state index contributed by atoms with van der Waals surface area (Å²) < 4.78 is 11.4. The molecule has 2 N–H and O–H groups in total. The Balaban J connectivity index is 1.35. The molecule has 1 fully saturated rings. The largest absolute Gasteiger partial charge is 0.488 e. The Hall–Kier alpha value is -1.59. The van der Waals surface area contributed by atoms with Gasteiger partial charge in [0.15, 0.2) is 0 Å². The van der Waals surface area contributed by atoms with Gasteiger partial charge in [-0.15, -0.1) is 0 Å². The first-order chi connectivity index (χ1) is 10.3. The molecule has 1 saturated heterocycles. The average molecular weight is 290 g/mol. The number of hydrogen-bond acceptors (Lipinski definition) is 4. The third-order valence-electron chi connectivity index (χ3n) is 3.98. The third-order valence-corrected chi connectivity index (χ3v) is 3.98. The molecule has 2 aliphatic rings. The molecule has 5 nitrogen and oxygen atoms in total. The van der Waals surface area contributed by atoms with E-state index < -0.39 is 0 Å². The summed E-state index contributed by atoms with van der Waals surface area (Å²) in [5.74, 6) is 0.871. The van der Waals surface area contributed by atoms with Gasteiger partial charge in [0.05, 0.1) is 12.6 Å². The number of carbonyl (C=O) groups excluding carboxylic acids is 1. The molecule has 2 heterocycles. The minimum atomic E-state index is -0.0620. The lowest BCUT2D eigenvalue weighted by molar-refractivity contribution is -0.128. The topological polar surface area (TPSA) is 59.6 Å². The Morgan fingerprint density at radius 2 is 2.14 bits per heavy atom. The van der Waals surface area contributed by atoms with E-state index in [0.717, 1.165) is 38.1 Å². The van der Waals surface area contributed by atoms with E-state index >= 15 is 0 Å². The Labute approximate surface area is 125 Å². The van der Waals surface area contributed by atoms with Gasteiger partial charge in [-0.25, -0.2) is 0 Å². The van der Waals surface area contributed by atoms with Gasteiger partial charge < -0.3 is 20.1 Å². The van der Waals surface area contributed by atoms with Crippen molar-refractivity contribution in [3.8, 4) is 5.75 Å². The molecule has 1 amide bonds. The van der Waals surface area contributed by atoms with Crippen LogP contribution in [0.2, 0.25) is 0 Å². The number of para-hydroxylation sites is 1. The highest BCUT2D eigenvalue weighted by Gasteiger charge is 2.22. The zero-order valence-corrected chi connectivity index (χ0v) is 12.1. The van der Waals surface area contributed by atoms with Crippen molar-refractivity contribution in [2.45, 2.75) is 31.5 Å². The molecule has 0 bridgehead atoms. The summed E-state index contributed by atoms with van der Waals surface area (Å²) in [4.78, 5) is 11.8. The van der Waals surface area contributed by atoms with Crippen LogP contribution in [0.4, 0.5) is 0 Å². The van der Waals surface area contributed by atoms with Crippen molar-refractivity contribution >= 4 is 5.91 Å². The number of amides is 1. The van der Waals surface area contributed by atoms with Crippen molar-refractivity contribution in [2.24, 2.45) is 0 Å². The molecule has 114 valence electrons. The summed E-state index contributed by atoms with van der Waals surface area (Å²) in [5, 5.41) is 6.17. The first-order valence-corrected chi connectivity index (χ1v) is 7.65. The summed E-state index contributed by atoms with van der Waals surface area (Å²) in [6.07, 6.45) is 3.06. The first kappa shape index (κ1) is 14.4. The van der Waals surface area contributed by atoms with E-state index in [0.29, 0.717) is 6.54 Å². The molecule has 1 unspecified atom stereocenters. The SMILES string of the molecule is O=C(COC1CCNCC1)NCC1Cc2ccccc2O1. The van der Waals surface area contributed by atoms with Crippen LogP contribution in [0.3, 0.4) is 0 Å². The molecule has 0 aliphatic carbocycles. The van der Waals surface area contributed by atoms with Crippen molar-refractivity contribution < 1.29 is 14.3 Å². The Morgan fingerprint density at radius 1 is 1.33 bits per heavy atom. The number of carbonyl (C=O) groups is 1. The van der Waals surface area contributed by atoms with Crippen molar-refractivity contribution in [2.75, 3.05) is 26.2 Å². The second-order valence-electron chi connectivity index (χ2n) is 5.62. The van der Waals surface area contributed by atoms with Gasteiger partial charge in [0.25, 0.3) is 0 Å². The minimum Gasteiger partial charge on any atom is -0.488 e. The van der Waals surface area contributed by atoms with Crippen LogP contribution in [0, 0.1) is 0 Å². The van der Waals surface area contributed by atoms with Crippen LogP contribution in [0.1, 0.15) is 18.4 Å². The van der Waals surface area contributed by atoms with Crippen molar-refractivity contribution in [3.05, 3.63) is 29.8 Å². The van der Waals surface area contributed by atoms with Crippen LogP contribution >= 0.6 is 0 Å². The monoisotopic (exact) mass is 290 g/mol. The second kappa shape index (κ2) is 6.91. The molecule has 0 spiro atoms. The lowest BCUT2D eigenvalue weighted by Gasteiger charge is -2.22. The normalized spacial score (nSPS) is 21.6. The maximum absolute atomic E-state index is 11.8. The summed E-state index contributed by atoms with van der Waals surface area (Å²) in [6, 6.07) is 8.01. The van der Waals surface area contributed by atoms with Crippen LogP contribution in [-0.2, 0) is 16.0 Å². The predicted octanol–water partition coefficient (Wildman–Crippen LogP) is 0.875. The zero-order valence-electron chi connectivity index (χ0n) is 12.1. The quantitative estimate of drug-likeness (QED) is 0.845. The Morgan fingerprint density at radius 3 is 2.95 bits per heavy atom. The lowest BCUT2D eigenvalue weighted by Crippen LogP contribution is -2.39. The first-order valence-electron chi connectivity index (χ1n) is 7.65. The summed E-state index contributed by atoms with van der Waals surface area (Å²) in [5.41, 5.74) is 1.21. The van der Waals surface area contributed by atoms with Crippen LogP contribution in [0.25, 0.3) is 0 Å². The Bertz CT molecular complexity index is 461. The highest BCUT2D eigenvalue weighted by molar-refractivity contribution is 5.77. The van der Waals surface area contributed by atoms with E-state index in [9.17, 15) is 4.79 Å². The lowest BCUT2D eigenvalue weighted by atomic mass is 10.1. The molecule has 1 aromatic carbocycles. The molecular weight excluding hydrogens is 268 g/mol. The number of rotatable bonds is 5. The van der Waals surface area contributed by atoms with Crippen molar-refractivity contribution in [1.82, 2.24) is 10.6 Å². The highest BCUT2D eigenvalue weighted by atomic mass is 16.5. The molecule has 1 atom stereocenters. The van der Waals surface area contributed by atoms with Crippen LogP contribution < -0.4 is 15.4 Å². The predicted molar refractivity (Wildman–Crippen MR) is 79.4 cm³/mol. The fourth-order valence-electron chi connectivity index (χ4n) is 2.80. The summed E-state index contributed by atoms with van der Waals surface area (Å²) in [6.45, 7) is 2.62. The number of hydrogen-bond donors (Lipinski definition) is 2. The van der Waals surface area contributed by atoms with Gasteiger partial charge in [0.2, 0.25) is 5.91 Å². The van der Waals surface area contributed by atoms with Crippen LogP contribution in [-0.4, -0.2) is 44.4 Å². The fourth-order valence-corrected chi connectivity index (χ4v) is 2.80. The van der Waals surface area contributed by atoms with Gasteiger partial charge >= 0.3 is 0 Å². The Kier molecular flexibility index (Phi) is 4.72. The van der Waals surface area contributed by atoms with E-state index in [2.05, 4.69) is 16.7 Å². The van der Waals surface area contributed by atoms with E-state index in [1.807, 2.05) is 18.2 Å². The number of piperidine rings is 1. The van der Waals surface area contributed by atoms with Crippen LogP contribution in [0.5, 0.6) is 5.75 Å². The molecule has 0 radical (unpaired) electrons. The molecule has 3 rings (SSSR count). The summed E-state index contributed by atoms with van der Waals surface area (Å²) >= 11 is 0. The number of nitrogens with one attached hydrogen (secondary N) is 2. The standard InChI is InChI=1S/C16H22N2O3/c19-16(11-20-13-5-7-17-8-6-13)18-10-14-9-12-3-1-2-4-15(12)21-14/h1-4,13-14,17H,5-11H2,(H,18,19). The smallest absolute Gasteiger partial charge is 0.246 e. The minimum absolute atomic E-state index is 0.0326. The summed E-state index contributed by atoms with van der Waals surface area (Å²) in [7, 11) is 0. The van der Waals surface area contributed by atoms with Gasteiger partial charge in [-0.05, 0) is 37.6 Å². The molecule has 2 aliphatic heterocycles. The molecule has 0 saturated carbocycles. The zero-order chi connectivity index (χ0) is 14.5. The number of fused-ring (bicyclic) bond motifs is 1. The highest BCUT2D eigenvalue weighted by Crippen LogP contribution is 2.27. The third kappa shape index (κ3) is 3.95. The van der Waals surface area contributed by atoms with Gasteiger partial charge in [-0.2, -0.15) is 0 Å². The maximum Gasteiger partial charge on any atom is 0.246 e. The van der Waals surface area contributed by atoms with Gasteiger partial charge in [0.1, 0.15) is 18.5 Å². The van der Waals surface area contributed by atoms with E-state index in [-0.39, 0.29) is 24.7 Å². The number of ether oxygens (including phenoxy) is 2. The van der Waals surface area contributed by atoms with Gasteiger partial charge in [0, 0.05) is 6.42 Å². The van der Waals surface area contributed by atoms with E-state index in [4.69, 9.17) is 9.47 Å². The molecule has 0 aromatic heterocycles. The van der Waals surface area contributed by atoms with E-state index in [1.165, 1.54) is 5.56 Å². The molecule has 1 aromatic rings. The van der Waals surface area contributed by atoms with Crippen LogP contribution in [0.15, 0.2) is 24.3 Å². The van der Waals surface area contributed by atoms with Crippen molar-refractivity contribution in [1.29, 1.82) is 0 Å². The molecular formula is C16H22N2O3. The molecule has 21 heavy (non-hydrogen) atoms. The van der Waals surface area contributed by atoms with Gasteiger partial charge in [-0.1, -0.05) is 18.2 Å². The molecule has 5 heteroatoms. The van der Waals surface area contributed by atoms with E-state index in [1.54, 1.807) is 0 Å².